The van der Waals surface area contributed by atoms with Gasteiger partial charge in [-0.2, -0.15) is 0 Å². The second-order valence-electron chi connectivity index (χ2n) is 7.10. The lowest BCUT2D eigenvalue weighted by atomic mass is 10.0. The van der Waals surface area contributed by atoms with E-state index in [0.717, 1.165) is 5.75 Å². The summed E-state index contributed by atoms with van der Waals surface area (Å²) in [6, 6.07) is 12.3. The maximum absolute atomic E-state index is 12.9. The standard InChI is InChI=1S/C23H28N2O5/c1-4-30-19-7-5-16(6-8-19)22(26)24-18-9-11-25(12-10-18)23(27)17-13-20(28-2)15-21(14-17)29-3/h5-8,13-15,18H,4,9-12H2,1-3H3,(H,24,26). The number of benzene rings is 2. The highest BCUT2D eigenvalue weighted by Crippen LogP contribution is 2.24. The Morgan fingerprint density at radius 1 is 0.933 bits per heavy atom. The average Bonchev–Trinajstić information content (AvgIpc) is 2.79. The van der Waals surface area contributed by atoms with Gasteiger partial charge in [0.15, 0.2) is 0 Å². The summed E-state index contributed by atoms with van der Waals surface area (Å²) in [7, 11) is 3.11. The number of ether oxygens (including phenoxy) is 3. The van der Waals surface area contributed by atoms with Gasteiger partial charge in [-0.15, -0.1) is 0 Å². The second kappa shape index (κ2) is 10.0. The van der Waals surface area contributed by atoms with Crippen LogP contribution in [0.5, 0.6) is 17.2 Å². The van der Waals surface area contributed by atoms with E-state index in [9.17, 15) is 9.59 Å². The van der Waals surface area contributed by atoms with Crippen molar-refractivity contribution in [1.29, 1.82) is 0 Å². The van der Waals surface area contributed by atoms with E-state index in [-0.39, 0.29) is 17.9 Å². The van der Waals surface area contributed by atoms with Crippen LogP contribution in [0.25, 0.3) is 0 Å². The Hall–Kier alpha value is -3.22. The van der Waals surface area contributed by atoms with Crippen molar-refractivity contribution in [2.45, 2.75) is 25.8 Å². The van der Waals surface area contributed by atoms with Gasteiger partial charge in [0, 0.05) is 36.3 Å². The smallest absolute Gasteiger partial charge is 0.254 e. The lowest BCUT2D eigenvalue weighted by molar-refractivity contribution is 0.0697. The summed E-state index contributed by atoms with van der Waals surface area (Å²) in [5, 5.41) is 3.06. The van der Waals surface area contributed by atoms with Crippen LogP contribution in [-0.2, 0) is 0 Å². The van der Waals surface area contributed by atoms with Crippen molar-refractivity contribution in [2.24, 2.45) is 0 Å². The first-order chi connectivity index (χ1) is 14.5. The van der Waals surface area contributed by atoms with E-state index in [0.29, 0.717) is 55.2 Å². The number of hydrogen-bond acceptors (Lipinski definition) is 5. The van der Waals surface area contributed by atoms with Gasteiger partial charge in [0.1, 0.15) is 17.2 Å². The molecule has 160 valence electrons. The van der Waals surface area contributed by atoms with Gasteiger partial charge in [-0.3, -0.25) is 9.59 Å². The maximum Gasteiger partial charge on any atom is 0.254 e. The van der Waals surface area contributed by atoms with Crippen LogP contribution in [0.2, 0.25) is 0 Å². The van der Waals surface area contributed by atoms with Crippen LogP contribution in [0, 0.1) is 0 Å². The Bertz CT molecular complexity index is 851. The molecule has 0 bridgehead atoms. The van der Waals surface area contributed by atoms with Gasteiger partial charge >= 0.3 is 0 Å². The fourth-order valence-electron chi connectivity index (χ4n) is 3.48. The number of amides is 2. The molecule has 0 atom stereocenters. The van der Waals surface area contributed by atoms with E-state index < -0.39 is 0 Å². The monoisotopic (exact) mass is 412 g/mol. The number of rotatable bonds is 7. The zero-order chi connectivity index (χ0) is 21.5. The molecule has 0 spiro atoms. The molecule has 1 aliphatic rings. The van der Waals surface area contributed by atoms with E-state index in [4.69, 9.17) is 14.2 Å². The summed E-state index contributed by atoms with van der Waals surface area (Å²) in [4.78, 5) is 27.2. The molecule has 1 saturated heterocycles. The number of carbonyl (C=O) groups is 2. The normalized spacial score (nSPS) is 14.2. The molecule has 1 N–H and O–H groups in total. The van der Waals surface area contributed by atoms with Crippen molar-refractivity contribution in [3.05, 3.63) is 53.6 Å². The minimum atomic E-state index is -0.111. The third-order valence-corrected chi connectivity index (χ3v) is 5.14. The predicted octanol–water partition coefficient (Wildman–Crippen LogP) is 3.14. The van der Waals surface area contributed by atoms with E-state index in [2.05, 4.69) is 5.32 Å². The van der Waals surface area contributed by atoms with E-state index in [1.165, 1.54) is 0 Å². The molecule has 0 radical (unpaired) electrons. The molecule has 1 heterocycles. The van der Waals surface area contributed by atoms with Crippen molar-refractivity contribution < 1.29 is 23.8 Å². The predicted molar refractivity (Wildman–Crippen MR) is 114 cm³/mol. The van der Waals surface area contributed by atoms with Gasteiger partial charge < -0.3 is 24.4 Å². The summed E-state index contributed by atoms with van der Waals surface area (Å²) >= 11 is 0. The molecule has 7 heteroatoms. The first-order valence-corrected chi connectivity index (χ1v) is 10.1. The van der Waals surface area contributed by atoms with Crippen LogP contribution in [-0.4, -0.2) is 56.7 Å². The van der Waals surface area contributed by atoms with Crippen LogP contribution in [0.4, 0.5) is 0 Å². The highest BCUT2D eigenvalue weighted by molar-refractivity contribution is 5.95. The Morgan fingerprint density at radius 3 is 2.07 bits per heavy atom. The molecule has 3 rings (SSSR count). The lowest BCUT2D eigenvalue weighted by Crippen LogP contribution is -2.46. The summed E-state index contributed by atoms with van der Waals surface area (Å²) in [5.74, 6) is 1.73. The zero-order valence-electron chi connectivity index (χ0n) is 17.6. The molecule has 2 amide bonds. The van der Waals surface area contributed by atoms with E-state index in [1.54, 1.807) is 61.6 Å². The van der Waals surface area contributed by atoms with Crippen molar-refractivity contribution in [2.75, 3.05) is 33.9 Å². The highest BCUT2D eigenvalue weighted by atomic mass is 16.5. The molecule has 0 saturated carbocycles. The molecular weight excluding hydrogens is 384 g/mol. The summed E-state index contributed by atoms with van der Waals surface area (Å²) in [5.41, 5.74) is 1.13. The van der Waals surface area contributed by atoms with Gasteiger partial charge in [0.2, 0.25) is 0 Å². The third-order valence-electron chi connectivity index (χ3n) is 5.14. The lowest BCUT2D eigenvalue weighted by Gasteiger charge is -2.32. The van der Waals surface area contributed by atoms with Crippen LogP contribution in [0.15, 0.2) is 42.5 Å². The Morgan fingerprint density at radius 2 is 1.53 bits per heavy atom. The number of nitrogens with zero attached hydrogens (tertiary/aromatic N) is 1. The van der Waals surface area contributed by atoms with Gasteiger partial charge in [0.05, 0.1) is 20.8 Å². The molecule has 0 aliphatic carbocycles. The Kier molecular flexibility index (Phi) is 7.17. The second-order valence-corrected chi connectivity index (χ2v) is 7.10. The molecule has 2 aromatic rings. The molecule has 0 unspecified atom stereocenters. The first kappa shape index (κ1) is 21.5. The summed E-state index contributed by atoms with van der Waals surface area (Å²) < 4.78 is 15.9. The number of piperidine rings is 1. The number of methoxy groups -OCH3 is 2. The van der Waals surface area contributed by atoms with Crippen molar-refractivity contribution in [3.63, 3.8) is 0 Å². The fraction of sp³-hybridized carbons (Fsp3) is 0.391. The number of likely N-dealkylation sites (tertiary alicyclic amines) is 1. The summed E-state index contributed by atoms with van der Waals surface area (Å²) in [6.45, 7) is 3.66. The van der Waals surface area contributed by atoms with Crippen LogP contribution < -0.4 is 19.5 Å². The number of carbonyl (C=O) groups excluding carboxylic acids is 2. The van der Waals surface area contributed by atoms with Crippen molar-refractivity contribution in [3.8, 4) is 17.2 Å². The highest BCUT2D eigenvalue weighted by Gasteiger charge is 2.25. The molecular formula is C23H28N2O5. The third kappa shape index (κ3) is 5.23. The Balaban J connectivity index is 1.55. The molecule has 7 nitrogen and oxygen atoms in total. The quantitative estimate of drug-likeness (QED) is 0.756. The number of nitrogens with one attached hydrogen (secondary N) is 1. The van der Waals surface area contributed by atoms with Gasteiger partial charge in [-0.25, -0.2) is 0 Å². The van der Waals surface area contributed by atoms with Crippen LogP contribution in [0.1, 0.15) is 40.5 Å². The van der Waals surface area contributed by atoms with Gasteiger partial charge in [0.25, 0.3) is 11.8 Å². The molecule has 0 aromatic heterocycles. The average molecular weight is 412 g/mol. The SMILES string of the molecule is CCOc1ccc(C(=O)NC2CCN(C(=O)c3cc(OC)cc(OC)c3)CC2)cc1. The van der Waals surface area contributed by atoms with Gasteiger partial charge in [-0.05, 0) is 56.2 Å². The van der Waals surface area contributed by atoms with E-state index in [1.807, 2.05) is 6.92 Å². The van der Waals surface area contributed by atoms with Crippen molar-refractivity contribution >= 4 is 11.8 Å². The minimum absolute atomic E-state index is 0.0352. The molecule has 1 aliphatic heterocycles. The largest absolute Gasteiger partial charge is 0.497 e. The van der Waals surface area contributed by atoms with Crippen molar-refractivity contribution in [1.82, 2.24) is 10.2 Å². The Labute approximate surface area is 176 Å². The minimum Gasteiger partial charge on any atom is -0.497 e. The number of hydrogen-bond donors (Lipinski definition) is 1. The van der Waals surface area contributed by atoms with Crippen LogP contribution in [0.3, 0.4) is 0 Å². The molecule has 30 heavy (non-hydrogen) atoms. The first-order valence-electron chi connectivity index (χ1n) is 10.1. The zero-order valence-corrected chi connectivity index (χ0v) is 17.6. The van der Waals surface area contributed by atoms with Gasteiger partial charge in [-0.1, -0.05) is 0 Å². The van der Waals surface area contributed by atoms with E-state index >= 15 is 0 Å². The topological polar surface area (TPSA) is 77.1 Å². The summed E-state index contributed by atoms with van der Waals surface area (Å²) in [6.07, 6.45) is 1.41. The maximum atomic E-state index is 12.9. The van der Waals surface area contributed by atoms with Crippen LogP contribution >= 0.6 is 0 Å². The fourth-order valence-corrected chi connectivity index (χ4v) is 3.48. The molecule has 1 fully saturated rings. The molecule has 2 aromatic carbocycles.